The van der Waals surface area contributed by atoms with Gasteiger partial charge >= 0.3 is 5.97 Å². The highest BCUT2D eigenvalue weighted by molar-refractivity contribution is 9.09. The topological polar surface area (TPSA) is 96.4 Å². The number of ether oxygens (including phenoxy) is 2. The third kappa shape index (κ3) is 4.29. The molecule has 36 heavy (non-hydrogen) atoms. The summed E-state index contributed by atoms with van der Waals surface area (Å²) >= 11 is 3.65. The number of likely N-dealkylation sites (tertiary alicyclic amines) is 1. The van der Waals surface area contributed by atoms with E-state index in [1.165, 1.54) is 4.90 Å². The Morgan fingerprint density at radius 2 is 2.06 bits per heavy atom. The van der Waals surface area contributed by atoms with E-state index < -0.39 is 41.6 Å². The minimum absolute atomic E-state index is 0.149. The van der Waals surface area contributed by atoms with Crippen LogP contribution in [0.4, 0.5) is 0 Å². The van der Waals surface area contributed by atoms with Crippen LogP contribution < -0.4 is 0 Å². The summed E-state index contributed by atoms with van der Waals surface area (Å²) in [6.45, 7) is 9.50. The zero-order valence-electron chi connectivity index (χ0n) is 21.0. The molecule has 0 aliphatic carbocycles. The number of alkyl halides is 1. The molecule has 8 nitrogen and oxygen atoms in total. The van der Waals surface area contributed by atoms with Gasteiger partial charge in [0.15, 0.2) is 0 Å². The molecular weight excluding hydrogens is 528 g/mol. The molecule has 1 N–H and O–H groups in total. The minimum atomic E-state index is -1.19. The molecule has 196 valence electrons. The van der Waals surface area contributed by atoms with E-state index in [1.807, 2.05) is 44.2 Å². The Morgan fingerprint density at radius 1 is 1.36 bits per heavy atom. The fraction of sp³-hybridized carbons (Fsp3) is 0.593. The van der Waals surface area contributed by atoms with Gasteiger partial charge in [-0.25, -0.2) is 0 Å². The highest BCUT2D eigenvalue weighted by Gasteiger charge is 2.77. The van der Waals surface area contributed by atoms with Gasteiger partial charge in [0.25, 0.3) is 0 Å². The SMILES string of the molecule is C=CCN(C(=O)[C@@H]1N([C@@H](CO)Cc2ccccc2)C(=O)[C@H]2[C@H](C(=O)OCC)[C@H]3O[C@@]12CC3Br)C(C)C. The monoisotopic (exact) mass is 562 g/mol. The Bertz CT molecular complexity index is 1000. The molecule has 4 rings (SSSR count). The largest absolute Gasteiger partial charge is 0.466 e. The molecule has 2 amide bonds. The van der Waals surface area contributed by atoms with Crippen LogP contribution in [0.1, 0.15) is 32.8 Å². The number of esters is 1. The number of hydrogen-bond acceptors (Lipinski definition) is 6. The minimum Gasteiger partial charge on any atom is -0.466 e. The molecule has 1 unspecified atom stereocenters. The maximum Gasteiger partial charge on any atom is 0.312 e. The van der Waals surface area contributed by atoms with E-state index in [9.17, 15) is 19.5 Å². The average Bonchev–Trinajstić information content (AvgIpc) is 3.44. The van der Waals surface area contributed by atoms with E-state index in [4.69, 9.17) is 9.47 Å². The lowest BCUT2D eigenvalue weighted by atomic mass is 9.70. The number of carbonyl (C=O) groups excluding carboxylic acids is 3. The van der Waals surface area contributed by atoms with Crippen LogP contribution in [0.15, 0.2) is 43.0 Å². The van der Waals surface area contributed by atoms with Gasteiger partial charge in [0.2, 0.25) is 11.8 Å². The normalized spacial score (nSPS) is 31.4. The van der Waals surface area contributed by atoms with Crippen molar-refractivity contribution < 1.29 is 29.0 Å². The molecule has 3 saturated heterocycles. The van der Waals surface area contributed by atoms with Crippen molar-refractivity contribution in [3.63, 3.8) is 0 Å². The van der Waals surface area contributed by atoms with E-state index in [0.29, 0.717) is 19.4 Å². The van der Waals surface area contributed by atoms with E-state index in [2.05, 4.69) is 22.5 Å². The molecule has 7 atom stereocenters. The Balaban J connectivity index is 1.82. The summed E-state index contributed by atoms with van der Waals surface area (Å²) in [6, 6.07) is 7.75. The molecular formula is C27H35BrN2O6. The number of carbonyl (C=O) groups is 3. The Hall–Kier alpha value is -2.23. The molecule has 0 aromatic heterocycles. The van der Waals surface area contributed by atoms with Gasteiger partial charge in [-0.3, -0.25) is 14.4 Å². The maximum absolute atomic E-state index is 14.2. The summed E-state index contributed by atoms with van der Waals surface area (Å²) in [5.41, 5.74) is -0.259. The van der Waals surface area contributed by atoms with Crippen molar-refractivity contribution in [3.8, 4) is 0 Å². The first-order chi connectivity index (χ1) is 17.2. The van der Waals surface area contributed by atoms with Crippen molar-refractivity contribution in [3.05, 3.63) is 48.6 Å². The number of fused-ring (bicyclic) bond motifs is 1. The van der Waals surface area contributed by atoms with E-state index in [0.717, 1.165) is 5.56 Å². The first-order valence-corrected chi connectivity index (χ1v) is 13.5. The van der Waals surface area contributed by atoms with Crippen LogP contribution in [0, 0.1) is 11.8 Å². The van der Waals surface area contributed by atoms with Crippen molar-refractivity contribution >= 4 is 33.7 Å². The molecule has 1 spiro atoms. The maximum atomic E-state index is 14.2. The lowest BCUT2D eigenvalue weighted by molar-refractivity contribution is -0.156. The number of nitrogens with zero attached hydrogens (tertiary/aromatic N) is 2. The fourth-order valence-electron chi connectivity index (χ4n) is 6.24. The molecule has 0 radical (unpaired) electrons. The van der Waals surface area contributed by atoms with Crippen LogP contribution in [0.5, 0.6) is 0 Å². The van der Waals surface area contributed by atoms with Crippen LogP contribution in [-0.4, -0.2) is 87.1 Å². The predicted molar refractivity (Wildman–Crippen MR) is 137 cm³/mol. The quantitative estimate of drug-likeness (QED) is 0.267. The predicted octanol–water partition coefficient (Wildman–Crippen LogP) is 2.32. The Labute approximate surface area is 220 Å². The molecule has 1 aromatic rings. The standard InChI is InChI=1S/C27H35BrN2O6/c1-5-12-29(16(3)4)25(33)23-27-14-19(28)22(36-27)20(26(34)35-6-2)21(27)24(32)30(23)18(15-31)13-17-10-8-7-9-11-17/h5,7-11,16,18-23,31H,1,6,12-15H2,2-4H3/t18-,19?,20+,21-,22+,23+,27-/m1/s1. The summed E-state index contributed by atoms with van der Waals surface area (Å²) in [6.07, 6.45) is 1.86. The van der Waals surface area contributed by atoms with Gasteiger partial charge in [-0.05, 0) is 39.2 Å². The molecule has 9 heteroatoms. The van der Waals surface area contributed by atoms with Crippen LogP contribution >= 0.6 is 15.9 Å². The number of aliphatic hydroxyl groups is 1. The third-order valence-corrected chi connectivity index (χ3v) is 8.52. The first-order valence-electron chi connectivity index (χ1n) is 12.6. The zero-order chi connectivity index (χ0) is 26.2. The van der Waals surface area contributed by atoms with E-state index in [1.54, 1.807) is 17.9 Å². The van der Waals surface area contributed by atoms with Gasteiger partial charge in [0.1, 0.15) is 11.6 Å². The lowest BCUT2D eigenvalue weighted by Gasteiger charge is -2.40. The summed E-state index contributed by atoms with van der Waals surface area (Å²) in [5.74, 6) is -2.77. The lowest BCUT2D eigenvalue weighted by Crippen LogP contribution is -2.60. The molecule has 3 heterocycles. The van der Waals surface area contributed by atoms with Crippen LogP contribution in [0.3, 0.4) is 0 Å². The molecule has 2 bridgehead atoms. The van der Waals surface area contributed by atoms with Crippen molar-refractivity contribution in [1.82, 2.24) is 9.80 Å². The first kappa shape index (κ1) is 26.8. The number of halogens is 1. The zero-order valence-corrected chi connectivity index (χ0v) is 22.6. The number of aliphatic hydroxyl groups excluding tert-OH is 1. The molecule has 3 aliphatic heterocycles. The molecule has 1 aromatic carbocycles. The Kier molecular flexibility index (Phi) is 7.92. The van der Waals surface area contributed by atoms with Crippen molar-refractivity contribution in [2.75, 3.05) is 19.8 Å². The van der Waals surface area contributed by atoms with Crippen LogP contribution in [0.2, 0.25) is 0 Å². The second-order valence-corrected chi connectivity index (χ2v) is 11.2. The van der Waals surface area contributed by atoms with Gasteiger partial charge in [0, 0.05) is 17.4 Å². The van der Waals surface area contributed by atoms with E-state index in [-0.39, 0.29) is 35.9 Å². The van der Waals surface area contributed by atoms with Gasteiger partial charge in [-0.1, -0.05) is 52.3 Å². The van der Waals surface area contributed by atoms with E-state index >= 15 is 0 Å². The smallest absolute Gasteiger partial charge is 0.312 e. The van der Waals surface area contributed by atoms with Crippen molar-refractivity contribution in [2.24, 2.45) is 11.8 Å². The van der Waals surface area contributed by atoms with Gasteiger partial charge in [-0.2, -0.15) is 0 Å². The summed E-state index contributed by atoms with van der Waals surface area (Å²) < 4.78 is 11.8. The van der Waals surface area contributed by atoms with Crippen molar-refractivity contribution in [1.29, 1.82) is 0 Å². The summed E-state index contributed by atoms with van der Waals surface area (Å²) in [5, 5.41) is 10.5. The fourth-order valence-corrected chi connectivity index (χ4v) is 7.18. The highest BCUT2D eigenvalue weighted by Crippen LogP contribution is 2.60. The van der Waals surface area contributed by atoms with Gasteiger partial charge in [0.05, 0.1) is 37.2 Å². The molecule has 0 saturated carbocycles. The molecule has 3 fully saturated rings. The highest BCUT2D eigenvalue weighted by atomic mass is 79.9. The molecule has 3 aliphatic rings. The Morgan fingerprint density at radius 3 is 2.64 bits per heavy atom. The third-order valence-electron chi connectivity index (χ3n) is 7.67. The van der Waals surface area contributed by atoms with Crippen molar-refractivity contribution in [2.45, 2.75) is 68.3 Å². The van der Waals surface area contributed by atoms with Crippen LogP contribution in [-0.2, 0) is 30.3 Å². The van der Waals surface area contributed by atoms with Gasteiger partial charge < -0.3 is 24.4 Å². The summed E-state index contributed by atoms with van der Waals surface area (Å²) in [7, 11) is 0. The summed E-state index contributed by atoms with van der Waals surface area (Å²) in [4.78, 5) is 44.4. The number of amides is 2. The number of hydrogen-bond donors (Lipinski definition) is 1. The van der Waals surface area contributed by atoms with Gasteiger partial charge in [-0.15, -0.1) is 6.58 Å². The van der Waals surface area contributed by atoms with Crippen LogP contribution in [0.25, 0.3) is 0 Å². The second-order valence-electron chi connectivity index (χ2n) is 10.1. The number of benzene rings is 1. The number of rotatable bonds is 10. The second kappa shape index (κ2) is 10.6. The average molecular weight is 563 g/mol.